The summed E-state index contributed by atoms with van der Waals surface area (Å²) >= 11 is 0. The third kappa shape index (κ3) is 4.84. The van der Waals surface area contributed by atoms with Gasteiger partial charge in [-0.15, -0.1) is 0 Å². The Morgan fingerprint density at radius 2 is 1.83 bits per heavy atom. The van der Waals surface area contributed by atoms with Gasteiger partial charge in [0.25, 0.3) is 5.91 Å². The zero-order valence-corrected chi connectivity index (χ0v) is 16.3. The first-order valence-corrected chi connectivity index (χ1v) is 9.09. The summed E-state index contributed by atoms with van der Waals surface area (Å²) in [6.45, 7) is 0.0717. The highest BCUT2D eigenvalue weighted by molar-refractivity contribution is 5.80. The van der Waals surface area contributed by atoms with Crippen molar-refractivity contribution < 1.29 is 23.5 Å². The summed E-state index contributed by atoms with van der Waals surface area (Å²) in [5, 5.41) is 0. The van der Waals surface area contributed by atoms with Crippen LogP contribution < -0.4 is 10.5 Å². The van der Waals surface area contributed by atoms with E-state index in [0.29, 0.717) is 23.4 Å². The van der Waals surface area contributed by atoms with Crippen LogP contribution in [0.25, 0.3) is 11.1 Å². The summed E-state index contributed by atoms with van der Waals surface area (Å²) in [5.41, 5.74) is 1.92. The Morgan fingerprint density at radius 3 is 2.62 bits per heavy atom. The van der Waals surface area contributed by atoms with Crippen LogP contribution in [0.3, 0.4) is 0 Å². The van der Waals surface area contributed by atoms with Gasteiger partial charge in [0.15, 0.2) is 12.2 Å². The molecule has 1 heterocycles. The summed E-state index contributed by atoms with van der Waals surface area (Å²) in [5.74, 6) is -0.759. The van der Waals surface area contributed by atoms with E-state index in [4.69, 9.17) is 13.9 Å². The van der Waals surface area contributed by atoms with Crippen molar-refractivity contribution in [3.8, 4) is 5.75 Å². The van der Waals surface area contributed by atoms with E-state index in [9.17, 15) is 14.4 Å². The Balaban J connectivity index is 1.50. The number of carbonyl (C=O) groups is 2. The standard InChI is InChI=1S/C21H22N2O6/c1-22(13-15-7-3-5-9-17(15)27-2)19(24)14-28-20(25)11-12-23-16-8-4-6-10-18(16)29-21(23)26/h3-10H,11-14H2,1-2H3. The molecule has 0 unspecified atom stereocenters. The molecule has 0 aliphatic heterocycles. The number of likely N-dealkylation sites (N-methyl/N-ethyl adjacent to an activating group) is 1. The minimum atomic E-state index is -0.568. The summed E-state index contributed by atoms with van der Waals surface area (Å²) in [6, 6.07) is 14.3. The fourth-order valence-electron chi connectivity index (χ4n) is 2.93. The average Bonchev–Trinajstić information content (AvgIpc) is 3.05. The van der Waals surface area contributed by atoms with Crippen molar-refractivity contribution in [1.29, 1.82) is 0 Å². The number of para-hydroxylation sites is 3. The van der Waals surface area contributed by atoms with E-state index in [-0.39, 0.29) is 25.5 Å². The Morgan fingerprint density at radius 1 is 1.10 bits per heavy atom. The maximum absolute atomic E-state index is 12.3. The number of methoxy groups -OCH3 is 1. The van der Waals surface area contributed by atoms with Crippen LogP contribution in [0.4, 0.5) is 0 Å². The third-order valence-corrected chi connectivity index (χ3v) is 4.50. The summed E-state index contributed by atoms with van der Waals surface area (Å²) in [7, 11) is 3.19. The first kappa shape index (κ1) is 20.2. The molecule has 0 spiro atoms. The number of hydrogen-bond donors (Lipinski definition) is 0. The summed E-state index contributed by atoms with van der Waals surface area (Å²) < 4.78 is 16.8. The number of ether oxygens (including phenoxy) is 2. The fourth-order valence-corrected chi connectivity index (χ4v) is 2.93. The van der Waals surface area contributed by atoms with E-state index in [1.807, 2.05) is 24.3 Å². The molecule has 0 aliphatic carbocycles. The number of hydrogen-bond acceptors (Lipinski definition) is 6. The second kappa shape index (κ2) is 9.09. The van der Waals surface area contributed by atoms with Crippen molar-refractivity contribution in [2.75, 3.05) is 20.8 Å². The molecule has 0 atom stereocenters. The highest BCUT2D eigenvalue weighted by atomic mass is 16.5. The SMILES string of the molecule is COc1ccccc1CN(C)C(=O)COC(=O)CCn1c(=O)oc2ccccc21. The van der Waals surface area contributed by atoms with Crippen LogP contribution in [-0.4, -0.2) is 42.1 Å². The topological polar surface area (TPSA) is 91.0 Å². The molecule has 8 nitrogen and oxygen atoms in total. The quantitative estimate of drug-likeness (QED) is 0.540. The molecule has 0 radical (unpaired) electrons. The van der Waals surface area contributed by atoms with Gasteiger partial charge < -0.3 is 18.8 Å². The lowest BCUT2D eigenvalue weighted by atomic mass is 10.2. The van der Waals surface area contributed by atoms with Crippen molar-refractivity contribution >= 4 is 23.0 Å². The van der Waals surface area contributed by atoms with Gasteiger partial charge >= 0.3 is 11.7 Å². The van der Waals surface area contributed by atoms with Gasteiger partial charge in [-0.2, -0.15) is 0 Å². The predicted octanol–water partition coefficient (Wildman–Crippen LogP) is 2.20. The number of rotatable bonds is 8. The molecule has 2 aromatic carbocycles. The zero-order valence-electron chi connectivity index (χ0n) is 16.3. The smallest absolute Gasteiger partial charge is 0.419 e. The van der Waals surface area contributed by atoms with E-state index < -0.39 is 11.7 Å². The van der Waals surface area contributed by atoms with Gasteiger partial charge in [-0.1, -0.05) is 30.3 Å². The number of amides is 1. The molecule has 8 heteroatoms. The van der Waals surface area contributed by atoms with Gasteiger partial charge in [0, 0.05) is 25.7 Å². The molecule has 0 aliphatic rings. The lowest BCUT2D eigenvalue weighted by molar-refractivity contribution is -0.151. The number of fused-ring (bicyclic) bond motifs is 1. The summed E-state index contributed by atoms with van der Waals surface area (Å²) in [6.07, 6.45) is -0.0487. The van der Waals surface area contributed by atoms with Gasteiger partial charge in [0.05, 0.1) is 19.0 Å². The minimum absolute atomic E-state index is 0.0487. The van der Waals surface area contributed by atoms with Crippen LogP contribution in [0.15, 0.2) is 57.7 Å². The number of benzene rings is 2. The maximum Gasteiger partial charge on any atom is 0.419 e. The molecule has 0 bridgehead atoms. The first-order chi connectivity index (χ1) is 14.0. The van der Waals surface area contributed by atoms with E-state index >= 15 is 0 Å². The van der Waals surface area contributed by atoms with Crippen LogP contribution in [0.2, 0.25) is 0 Å². The molecule has 29 heavy (non-hydrogen) atoms. The van der Waals surface area contributed by atoms with Crippen molar-refractivity contribution in [2.24, 2.45) is 0 Å². The monoisotopic (exact) mass is 398 g/mol. The number of nitrogens with zero attached hydrogens (tertiary/aromatic N) is 2. The van der Waals surface area contributed by atoms with Crippen LogP contribution in [0.1, 0.15) is 12.0 Å². The number of oxazole rings is 1. The highest BCUT2D eigenvalue weighted by Crippen LogP contribution is 2.18. The second-order valence-corrected chi connectivity index (χ2v) is 6.46. The van der Waals surface area contributed by atoms with Crippen molar-refractivity contribution in [2.45, 2.75) is 19.5 Å². The molecule has 3 aromatic rings. The summed E-state index contributed by atoms with van der Waals surface area (Å²) in [4.78, 5) is 37.6. The number of aromatic nitrogens is 1. The first-order valence-electron chi connectivity index (χ1n) is 9.09. The van der Waals surface area contributed by atoms with Gasteiger partial charge in [-0.25, -0.2) is 4.79 Å². The van der Waals surface area contributed by atoms with E-state index in [1.165, 1.54) is 9.47 Å². The van der Waals surface area contributed by atoms with Crippen LogP contribution in [-0.2, 0) is 27.4 Å². The molecule has 0 saturated carbocycles. The van der Waals surface area contributed by atoms with Crippen LogP contribution in [0, 0.1) is 0 Å². The van der Waals surface area contributed by atoms with E-state index in [2.05, 4.69) is 0 Å². The Kier molecular flexibility index (Phi) is 6.33. The molecule has 1 amide bonds. The Bertz CT molecular complexity index is 1070. The molecule has 3 rings (SSSR count). The highest BCUT2D eigenvalue weighted by Gasteiger charge is 2.15. The minimum Gasteiger partial charge on any atom is -0.496 e. The molecule has 0 fully saturated rings. The molecular formula is C21H22N2O6. The molecule has 0 saturated heterocycles. The van der Waals surface area contributed by atoms with Crippen LogP contribution in [0.5, 0.6) is 5.75 Å². The second-order valence-electron chi connectivity index (χ2n) is 6.46. The predicted molar refractivity (Wildman–Crippen MR) is 106 cm³/mol. The van der Waals surface area contributed by atoms with E-state index in [0.717, 1.165) is 5.56 Å². The van der Waals surface area contributed by atoms with Gasteiger partial charge in [-0.05, 0) is 18.2 Å². The maximum atomic E-state index is 12.3. The number of esters is 1. The normalized spacial score (nSPS) is 10.7. The van der Waals surface area contributed by atoms with Gasteiger partial charge in [0.1, 0.15) is 5.75 Å². The van der Waals surface area contributed by atoms with Gasteiger partial charge in [-0.3, -0.25) is 14.2 Å². The van der Waals surface area contributed by atoms with Crippen molar-refractivity contribution in [3.05, 3.63) is 64.6 Å². The molecular weight excluding hydrogens is 376 g/mol. The lowest BCUT2D eigenvalue weighted by Crippen LogP contribution is -2.31. The van der Waals surface area contributed by atoms with E-state index in [1.54, 1.807) is 38.4 Å². The van der Waals surface area contributed by atoms with Crippen molar-refractivity contribution in [1.82, 2.24) is 9.47 Å². The zero-order chi connectivity index (χ0) is 20.8. The molecule has 0 N–H and O–H groups in total. The Labute approximate surface area is 167 Å². The molecule has 1 aromatic heterocycles. The lowest BCUT2D eigenvalue weighted by Gasteiger charge is -2.18. The number of aryl methyl sites for hydroxylation is 1. The van der Waals surface area contributed by atoms with Crippen molar-refractivity contribution in [3.63, 3.8) is 0 Å². The largest absolute Gasteiger partial charge is 0.496 e. The molecule has 152 valence electrons. The average molecular weight is 398 g/mol. The van der Waals surface area contributed by atoms with Gasteiger partial charge in [0.2, 0.25) is 0 Å². The Hall–Kier alpha value is -3.55. The van der Waals surface area contributed by atoms with Crippen LogP contribution >= 0.6 is 0 Å². The fraction of sp³-hybridized carbons (Fsp3) is 0.286. The third-order valence-electron chi connectivity index (χ3n) is 4.50. The number of carbonyl (C=O) groups excluding carboxylic acids is 2.